The van der Waals surface area contributed by atoms with Crippen LogP contribution in [-0.4, -0.2) is 15.9 Å². The van der Waals surface area contributed by atoms with Crippen molar-refractivity contribution in [2.75, 3.05) is 5.32 Å². The number of aryl methyl sites for hydroxylation is 1. The number of benzene rings is 1. The molecule has 4 nitrogen and oxygen atoms in total. The smallest absolute Gasteiger partial charge is 0.257 e. The fraction of sp³-hybridized carbons (Fsp3) is 0.0625. The van der Waals surface area contributed by atoms with Crippen LogP contribution in [0.15, 0.2) is 48.7 Å². The van der Waals surface area contributed by atoms with E-state index in [1.165, 1.54) is 12.3 Å². The lowest BCUT2D eigenvalue weighted by molar-refractivity contribution is 0.102. The molecular formula is C16H12FN3O. The maximum Gasteiger partial charge on any atom is 0.257 e. The second kappa shape index (κ2) is 5.28. The van der Waals surface area contributed by atoms with Gasteiger partial charge in [0, 0.05) is 17.3 Å². The second-order valence-corrected chi connectivity index (χ2v) is 4.65. The normalized spacial score (nSPS) is 10.6. The van der Waals surface area contributed by atoms with Crippen molar-refractivity contribution in [1.29, 1.82) is 0 Å². The molecule has 0 fully saturated rings. The molecule has 0 saturated carbocycles. The zero-order valence-electron chi connectivity index (χ0n) is 11.3. The highest BCUT2D eigenvalue weighted by molar-refractivity contribution is 6.08. The third kappa shape index (κ3) is 2.72. The van der Waals surface area contributed by atoms with E-state index in [1.54, 1.807) is 6.07 Å². The standard InChI is InChI=1S/C16H12FN3O/c1-10-5-6-11-3-2-4-13(15(11)19-10)20-16(21)12-7-8-14(17)18-9-12/h2-9H,1H3,(H,20,21). The van der Waals surface area contributed by atoms with Crippen LogP contribution in [0.1, 0.15) is 16.1 Å². The van der Waals surface area contributed by atoms with Crippen molar-refractivity contribution in [3.05, 3.63) is 65.9 Å². The largest absolute Gasteiger partial charge is 0.320 e. The van der Waals surface area contributed by atoms with Crippen molar-refractivity contribution in [3.63, 3.8) is 0 Å². The Morgan fingerprint density at radius 3 is 2.76 bits per heavy atom. The number of hydrogen-bond acceptors (Lipinski definition) is 3. The van der Waals surface area contributed by atoms with E-state index >= 15 is 0 Å². The molecule has 0 aliphatic carbocycles. The van der Waals surface area contributed by atoms with Crippen molar-refractivity contribution in [2.24, 2.45) is 0 Å². The molecule has 2 heterocycles. The number of pyridine rings is 2. The van der Waals surface area contributed by atoms with E-state index in [4.69, 9.17) is 0 Å². The van der Waals surface area contributed by atoms with Gasteiger partial charge in [-0.05, 0) is 31.2 Å². The highest BCUT2D eigenvalue weighted by atomic mass is 19.1. The number of fused-ring (bicyclic) bond motifs is 1. The molecule has 3 aromatic rings. The molecule has 0 bridgehead atoms. The summed E-state index contributed by atoms with van der Waals surface area (Å²) in [5.74, 6) is -0.965. The Bertz CT molecular complexity index is 815. The Morgan fingerprint density at radius 2 is 2.00 bits per heavy atom. The molecule has 1 N–H and O–H groups in total. The van der Waals surface area contributed by atoms with Crippen LogP contribution in [0, 0.1) is 12.9 Å². The van der Waals surface area contributed by atoms with Crippen LogP contribution in [0.3, 0.4) is 0 Å². The minimum atomic E-state index is -0.617. The van der Waals surface area contributed by atoms with Crippen LogP contribution in [0.2, 0.25) is 0 Å². The van der Waals surface area contributed by atoms with E-state index in [1.807, 2.05) is 31.2 Å². The highest BCUT2D eigenvalue weighted by Crippen LogP contribution is 2.22. The first kappa shape index (κ1) is 13.2. The summed E-state index contributed by atoms with van der Waals surface area (Å²) < 4.78 is 12.8. The summed E-state index contributed by atoms with van der Waals surface area (Å²) >= 11 is 0. The lowest BCUT2D eigenvalue weighted by Crippen LogP contribution is -2.13. The summed E-state index contributed by atoms with van der Waals surface area (Å²) in [5, 5.41) is 3.72. The molecule has 5 heteroatoms. The molecule has 0 unspecified atom stereocenters. The first-order valence-electron chi connectivity index (χ1n) is 6.43. The monoisotopic (exact) mass is 281 g/mol. The van der Waals surface area contributed by atoms with Crippen LogP contribution in [0.25, 0.3) is 10.9 Å². The first-order chi connectivity index (χ1) is 10.1. The summed E-state index contributed by atoms with van der Waals surface area (Å²) in [7, 11) is 0. The third-order valence-electron chi connectivity index (χ3n) is 3.10. The number of nitrogens with zero attached hydrogens (tertiary/aromatic N) is 2. The van der Waals surface area contributed by atoms with Gasteiger partial charge in [0.25, 0.3) is 5.91 Å². The van der Waals surface area contributed by atoms with Crippen LogP contribution in [0.5, 0.6) is 0 Å². The Morgan fingerprint density at radius 1 is 1.14 bits per heavy atom. The summed E-state index contributed by atoms with van der Waals surface area (Å²) in [5.41, 5.74) is 2.50. The van der Waals surface area contributed by atoms with E-state index in [2.05, 4.69) is 15.3 Å². The molecule has 0 aliphatic heterocycles. The number of anilines is 1. The van der Waals surface area contributed by atoms with E-state index in [0.717, 1.165) is 22.7 Å². The predicted octanol–water partition coefficient (Wildman–Crippen LogP) is 3.33. The van der Waals surface area contributed by atoms with Gasteiger partial charge in [-0.25, -0.2) is 4.98 Å². The molecule has 0 spiro atoms. The van der Waals surface area contributed by atoms with Crippen LogP contribution >= 0.6 is 0 Å². The Labute approximate surface area is 120 Å². The van der Waals surface area contributed by atoms with Gasteiger partial charge in [-0.1, -0.05) is 18.2 Å². The molecule has 1 aromatic carbocycles. The van der Waals surface area contributed by atoms with Gasteiger partial charge in [0.05, 0.1) is 16.8 Å². The minimum Gasteiger partial charge on any atom is -0.320 e. The zero-order valence-corrected chi connectivity index (χ0v) is 11.3. The highest BCUT2D eigenvalue weighted by Gasteiger charge is 2.09. The van der Waals surface area contributed by atoms with E-state index in [0.29, 0.717) is 11.3 Å². The van der Waals surface area contributed by atoms with Crippen molar-refractivity contribution >= 4 is 22.5 Å². The number of para-hydroxylation sites is 1. The van der Waals surface area contributed by atoms with Crippen molar-refractivity contribution in [3.8, 4) is 0 Å². The topological polar surface area (TPSA) is 54.9 Å². The molecule has 21 heavy (non-hydrogen) atoms. The second-order valence-electron chi connectivity index (χ2n) is 4.65. The number of carbonyl (C=O) groups excluding carboxylic acids is 1. The SMILES string of the molecule is Cc1ccc2cccc(NC(=O)c3ccc(F)nc3)c2n1. The summed E-state index contributed by atoms with van der Waals surface area (Å²) in [6, 6.07) is 12.0. The Kier molecular flexibility index (Phi) is 3.31. The number of amides is 1. The molecule has 0 radical (unpaired) electrons. The fourth-order valence-electron chi connectivity index (χ4n) is 2.05. The number of carbonyl (C=O) groups is 1. The number of nitrogens with one attached hydrogen (secondary N) is 1. The van der Waals surface area contributed by atoms with E-state index in [-0.39, 0.29) is 5.91 Å². The lowest BCUT2D eigenvalue weighted by atomic mass is 10.1. The number of hydrogen-bond donors (Lipinski definition) is 1. The number of halogens is 1. The molecule has 0 atom stereocenters. The quantitative estimate of drug-likeness (QED) is 0.733. The van der Waals surface area contributed by atoms with Gasteiger partial charge < -0.3 is 5.32 Å². The average Bonchev–Trinajstić information content (AvgIpc) is 2.48. The van der Waals surface area contributed by atoms with Gasteiger partial charge in [-0.3, -0.25) is 9.78 Å². The molecule has 0 saturated heterocycles. The summed E-state index contributed by atoms with van der Waals surface area (Å²) in [4.78, 5) is 20.1. The van der Waals surface area contributed by atoms with Crippen molar-refractivity contribution in [2.45, 2.75) is 6.92 Å². The predicted molar refractivity (Wildman–Crippen MR) is 78.6 cm³/mol. The number of rotatable bonds is 2. The molecule has 2 aromatic heterocycles. The lowest BCUT2D eigenvalue weighted by Gasteiger charge is -2.08. The van der Waals surface area contributed by atoms with Crippen LogP contribution in [-0.2, 0) is 0 Å². The van der Waals surface area contributed by atoms with Gasteiger partial charge >= 0.3 is 0 Å². The molecular weight excluding hydrogens is 269 g/mol. The molecule has 104 valence electrons. The average molecular weight is 281 g/mol. The van der Waals surface area contributed by atoms with Gasteiger partial charge in [0.15, 0.2) is 0 Å². The molecule has 1 amide bonds. The van der Waals surface area contributed by atoms with Gasteiger partial charge in [-0.2, -0.15) is 4.39 Å². The molecule has 3 rings (SSSR count). The first-order valence-corrected chi connectivity index (χ1v) is 6.43. The maximum atomic E-state index is 12.8. The Hall–Kier alpha value is -2.82. The molecule has 0 aliphatic rings. The van der Waals surface area contributed by atoms with Gasteiger partial charge in [0.2, 0.25) is 5.95 Å². The van der Waals surface area contributed by atoms with Crippen LogP contribution < -0.4 is 5.32 Å². The van der Waals surface area contributed by atoms with E-state index < -0.39 is 5.95 Å². The summed E-state index contributed by atoms with van der Waals surface area (Å²) in [6.07, 6.45) is 1.20. The van der Waals surface area contributed by atoms with Crippen molar-refractivity contribution < 1.29 is 9.18 Å². The fourth-order valence-corrected chi connectivity index (χ4v) is 2.05. The van der Waals surface area contributed by atoms with Crippen molar-refractivity contribution in [1.82, 2.24) is 9.97 Å². The maximum absolute atomic E-state index is 12.8. The third-order valence-corrected chi connectivity index (χ3v) is 3.10. The zero-order chi connectivity index (χ0) is 14.8. The Balaban J connectivity index is 1.96. The van der Waals surface area contributed by atoms with Crippen LogP contribution in [0.4, 0.5) is 10.1 Å². The minimum absolute atomic E-state index is 0.293. The van der Waals surface area contributed by atoms with Gasteiger partial charge in [0.1, 0.15) is 0 Å². The van der Waals surface area contributed by atoms with Gasteiger partial charge in [-0.15, -0.1) is 0 Å². The number of aromatic nitrogens is 2. The summed E-state index contributed by atoms with van der Waals surface area (Å²) in [6.45, 7) is 1.89. The van der Waals surface area contributed by atoms with E-state index in [9.17, 15) is 9.18 Å².